The van der Waals surface area contributed by atoms with Crippen LogP contribution >= 0.6 is 0 Å². The molecule has 0 unspecified atom stereocenters. The molecular weight excluding hydrogens is 974 g/mol. The first-order chi connectivity index (χ1) is 31.3. The molecule has 0 radical (unpaired) electrons. The molecule has 1 aliphatic carbocycles. The van der Waals surface area contributed by atoms with Crippen molar-refractivity contribution in [3.05, 3.63) is 168 Å². The van der Waals surface area contributed by atoms with Crippen LogP contribution in [0.5, 0.6) is 5.75 Å². The second-order valence-electron chi connectivity index (χ2n) is 20.9. The van der Waals surface area contributed by atoms with E-state index in [1.807, 2.05) is 42.6 Å². The molecule has 5 heteroatoms. The first kappa shape index (κ1) is 43.3. The van der Waals surface area contributed by atoms with Gasteiger partial charge in [0.1, 0.15) is 11.6 Å². The van der Waals surface area contributed by atoms with Crippen molar-refractivity contribution in [2.24, 2.45) is 5.92 Å². The largest absolute Gasteiger partial charge is 0.507 e. The predicted molar refractivity (Wildman–Crippen MR) is 268 cm³/mol. The Kier molecular flexibility index (Phi) is 12.0. The molecule has 0 bridgehead atoms. The van der Waals surface area contributed by atoms with E-state index in [0.29, 0.717) is 11.4 Å². The number of aromatic nitrogens is 3. The number of phenolic OH excluding ortho intramolecular Hbond substituents is 1. The number of hydrogen-bond donors (Lipinski definition) is 1. The fraction of sp³-hybridized carbons (Fsp3) is 0.300. The van der Waals surface area contributed by atoms with Crippen molar-refractivity contribution in [2.45, 2.75) is 111 Å². The maximum Gasteiger partial charge on any atom is 0.148 e. The third kappa shape index (κ3) is 9.57. The first-order valence-electron chi connectivity index (χ1n) is 24.0. The Hall–Kier alpha value is -5.57. The van der Waals surface area contributed by atoms with Gasteiger partial charge in [0.2, 0.25) is 0 Å². The van der Waals surface area contributed by atoms with Crippen molar-refractivity contribution in [1.82, 2.24) is 14.5 Å². The van der Waals surface area contributed by atoms with E-state index < -0.39 is 6.37 Å². The summed E-state index contributed by atoms with van der Waals surface area (Å²) in [6, 6.07) is 50.0. The van der Waals surface area contributed by atoms with Crippen LogP contribution in [0.15, 0.2) is 140 Å². The van der Waals surface area contributed by atoms with Crippen LogP contribution in [0.25, 0.3) is 72.7 Å². The standard InChI is InChI=1S/C60H62N3O.Pt/c1-58(2,3)46-26-28-53(50(37-46)42-18-11-10-12-19-42)63-54-21-15-20-49(56(54)62-57(63)51-38-47(59(4,5)6)27-29-55(51)64)44-33-45(35-48(34-44)60(7,8)9)52-36-43(30-31-61-52)41-24-22-40(23-25-41)32-39-16-13-14-17-39;/h10-12,15,18-31,34-39,64H,13-14,16-17,32H2,1-9H3;/q-1;/i32D2;. The van der Waals surface area contributed by atoms with Crippen LogP contribution in [0.1, 0.15) is 113 Å². The van der Waals surface area contributed by atoms with E-state index in [9.17, 15) is 5.11 Å². The van der Waals surface area contributed by atoms with E-state index in [-0.39, 0.29) is 49.0 Å². The van der Waals surface area contributed by atoms with Crippen molar-refractivity contribution >= 4 is 11.0 Å². The van der Waals surface area contributed by atoms with Gasteiger partial charge in [0.05, 0.1) is 22.3 Å². The fourth-order valence-electron chi connectivity index (χ4n) is 9.08. The summed E-state index contributed by atoms with van der Waals surface area (Å²) in [6.07, 6.45) is 4.62. The summed E-state index contributed by atoms with van der Waals surface area (Å²) >= 11 is 0. The van der Waals surface area contributed by atoms with Crippen LogP contribution in [0, 0.1) is 12.0 Å². The fourth-order valence-corrected chi connectivity index (χ4v) is 9.08. The van der Waals surface area contributed by atoms with Crippen molar-refractivity contribution < 1.29 is 28.9 Å². The zero-order valence-electron chi connectivity index (χ0n) is 41.3. The van der Waals surface area contributed by atoms with Gasteiger partial charge in [-0.1, -0.05) is 184 Å². The Bertz CT molecular complexity index is 3070. The number of hydrogen-bond acceptors (Lipinski definition) is 3. The molecule has 1 fully saturated rings. The van der Waals surface area contributed by atoms with Gasteiger partial charge in [0.15, 0.2) is 0 Å². The van der Waals surface area contributed by atoms with Crippen molar-refractivity contribution in [1.29, 1.82) is 0 Å². The maximum absolute atomic E-state index is 11.8. The number of imidazole rings is 1. The van der Waals surface area contributed by atoms with Crippen molar-refractivity contribution in [2.75, 3.05) is 0 Å². The smallest absolute Gasteiger partial charge is 0.148 e. The Morgan fingerprint density at radius 2 is 1.26 bits per heavy atom. The normalized spacial score (nSPS) is 14.3. The molecule has 0 amide bonds. The van der Waals surface area contributed by atoms with Crippen LogP contribution in [-0.4, -0.2) is 19.6 Å². The van der Waals surface area contributed by atoms with E-state index in [1.165, 1.54) is 5.56 Å². The van der Waals surface area contributed by atoms with Crippen molar-refractivity contribution in [3.8, 4) is 67.5 Å². The van der Waals surface area contributed by atoms with E-state index in [4.69, 9.17) is 12.7 Å². The van der Waals surface area contributed by atoms with Gasteiger partial charge in [-0.05, 0) is 98.3 Å². The number of pyridine rings is 1. The summed E-state index contributed by atoms with van der Waals surface area (Å²) in [5, 5.41) is 11.8. The molecule has 4 nitrogen and oxygen atoms in total. The second-order valence-corrected chi connectivity index (χ2v) is 20.9. The monoisotopic (exact) mass is 1040 g/mol. The van der Waals surface area contributed by atoms with Gasteiger partial charge in [-0.2, -0.15) is 0 Å². The topological polar surface area (TPSA) is 50.9 Å². The zero-order chi connectivity index (χ0) is 46.8. The summed E-state index contributed by atoms with van der Waals surface area (Å²) in [6.45, 7) is 20.0. The minimum Gasteiger partial charge on any atom is -0.507 e. The molecule has 0 saturated heterocycles. The Morgan fingerprint density at radius 3 is 1.94 bits per heavy atom. The molecule has 1 N–H and O–H groups in total. The van der Waals surface area contributed by atoms with Gasteiger partial charge in [0.25, 0.3) is 0 Å². The Labute approximate surface area is 404 Å². The average molecular weight is 1040 g/mol. The van der Waals surface area contributed by atoms with Crippen LogP contribution in [0.2, 0.25) is 0 Å². The van der Waals surface area contributed by atoms with Gasteiger partial charge >= 0.3 is 0 Å². The maximum atomic E-state index is 11.8. The summed E-state index contributed by atoms with van der Waals surface area (Å²) in [5.41, 5.74) is 14.9. The van der Waals surface area contributed by atoms with Crippen LogP contribution in [0.4, 0.5) is 0 Å². The van der Waals surface area contributed by atoms with Gasteiger partial charge < -0.3 is 5.11 Å². The number of phenols is 1. The van der Waals surface area contributed by atoms with Gasteiger partial charge in [-0.25, -0.2) is 4.98 Å². The summed E-state index contributed by atoms with van der Waals surface area (Å²) < 4.78 is 20.1. The molecule has 1 saturated carbocycles. The molecule has 2 aromatic heterocycles. The Morgan fingerprint density at radius 1 is 0.615 bits per heavy atom. The van der Waals surface area contributed by atoms with E-state index in [1.54, 1.807) is 6.07 Å². The van der Waals surface area contributed by atoms with E-state index in [2.05, 4.69) is 164 Å². The van der Waals surface area contributed by atoms with Gasteiger partial charge in [-0.15, -0.1) is 29.3 Å². The third-order valence-corrected chi connectivity index (χ3v) is 13.0. The van der Waals surface area contributed by atoms with E-state index >= 15 is 0 Å². The molecule has 0 spiro atoms. The number of para-hydroxylation sites is 1. The summed E-state index contributed by atoms with van der Waals surface area (Å²) in [4.78, 5) is 10.5. The SMILES string of the molecule is [2H]C([2H])(c1ccc(-c2ccnc(-c3[c-]c(-c4cccc5c4nc(-c4cc(C(C)(C)C)ccc4O)n5-c4ccc(C(C)(C)C)cc4-c4ccccc4)cc(C(C)(C)C)c3)c2)cc1)C1CCCC1.[Pt]. The molecule has 9 rings (SSSR count). The molecule has 8 aromatic rings. The second kappa shape index (κ2) is 18.0. The third-order valence-electron chi connectivity index (χ3n) is 13.0. The molecule has 0 atom stereocenters. The van der Waals surface area contributed by atoms with E-state index in [0.717, 1.165) is 104 Å². The van der Waals surface area contributed by atoms with Crippen LogP contribution < -0.4 is 0 Å². The molecule has 0 aliphatic heterocycles. The van der Waals surface area contributed by atoms with Crippen LogP contribution in [-0.2, 0) is 43.7 Å². The van der Waals surface area contributed by atoms with Gasteiger partial charge in [0, 0.05) is 41.3 Å². The molecule has 1 aliphatic rings. The summed E-state index contributed by atoms with van der Waals surface area (Å²) in [7, 11) is 0. The van der Waals surface area contributed by atoms with Crippen LogP contribution in [0.3, 0.4) is 0 Å². The molecule has 334 valence electrons. The molecule has 65 heavy (non-hydrogen) atoms. The zero-order valence-corrected chi connectivity index (χ0v) is 41.6. The molecule has 2 heterocycles. The van der Waals surface area contributed by atoms with Crippen molar-refractivity contribution in [3.63, 3.8) is 0 Å². The number of benzene rings is 6. The Balaban J connectivity index is 0.00000608. The molecular formula is C60H62N3OPt-. The minimum atomic E-state index is -1.34. The number of nitrogens with zero attached hydrogens (tertiary/aromatic N) is 3. The quantitative estimate of drug-likeness (QED) is 0.154. The molecule has 6 aromatic carbocycles. The number of aromatic hydroxyl groups is 1. The van der Waals surface area contributed by atoms with Gasteiger partial charge in [-0.3, -0.25) is 9.55 Å². The summed E-state index contributed by atoms with van der Waals surface area (Å²) in [5.74, 6) is 0.900. The minimum absolute atomic E-state index is 0. The predicted octanol–water partition coefficient (Wildman–Crippen LogP) is 15.9. The first-order valence-corrected chi connectivity index (χ1v) is 23.0. The number of fused-ring (bicyclic) bond motifs is 1. The number of rotatable bonds is 8. The average Bonchev–Trinajstić information content (AvgIpc) is 3.98.